The second-order valence-corrected chi connectivity index (χ2v) is 4.11. The lowest BCUT2D eigenvalue weighted by Gasteiger charge is -2.14. The molecule has 2 N–H and O–H groups in total. The summed E-state index contributed by atoms with van der Waals surface area (Å²) in [6, 6.07) is 10.2. The minimum atomic E-state index is 0.0660. The van der Waals surface area contributed by atoms with Crippen molar-refractivity contribution in [2.75, 3.05) is 13.1 Å². The van der Waals surface area contributed by atoms with Gasteiger partial charge in [-0.3, -0.25) is 4.79 Å². The van der Waals surface area contributed by atoms with E-state index in [-0.39, 0.29) is 17.8 Å². The topological polar surface area (TPSA) is 46.3 Å². The van der Waals surface area contributed by atoms with E-state index in [1.54, 1.807) is 7.85 Å². The van der Waals surface area contributed by atoms with Gasteiger partial charge >= 0.3 is 0 Å². The van der Waals surface area contributed by atoms with Crippen molar-refractivity contribution in [3.8, 4) is 0 Å². The second kappa shape index (κ2) is 4.07. The minimum Gasteiger partial charge on any atom is -0.350 e. The van der Waals surface area contributed by atoms with Crippen molar-refractivity contribution in [2.45, 2.75) is 12.0 Å². The molecule has 2 unspecified atom stereocenters. The van der Waals surface area contributed by atoms with E-state index in [1.165, 1.54) is 5.56 Å². The van der Waals surface area contributed by atoms with Gasteiger partial charge in [0.05, 0.1) is 0 Å². The Kier molecular flexibility index (Phi) is 2.78. The van der Waals surface area contributed by atoms with Gasteiger partial charge in [0.1, 0.15) is 0 Å². The SMILES string of the molecule is BC(=O)N1CC(N)C(c2ccccc2)C1. The van der Waals surface area contributed by atoms with Crippen LogP contribution in [0.2, 0.25) is 0 Å². The lowest BCUT2D eigenvalue weighted by atomic mass is 9.95. The number of hydrogen-bond acceptors (Lipinski definition) is 2. The normalized spacial score (nSPS) is 25.5. The molecule has 0 aliphatic carbocycles. The fraction of sp³-hybridized carbons (Fsp3) is 0.364. The maximum atomic E-state index is 11.2. The number of rotatable bonds is 1. The predicted molar refractivity (Wildman–Crippen MR) is 62.7 cm³/mol. The molecule has 3 nitrogen and oxygen atoms in total. The van der Waals surface area contributed by atoms with Gasteiger partial charge in [0.2, 0.25) is 7.85 Å². The zero-order valence-corrected chi connectivity index (χ0v) is 8.89. The average Bonchev–Trinajstić information content (AvgIpc) is 2.62. The maximum Gasteiger partial charge on any atom is 0.215 e. The number of likely N-dealkylation sites (tertiary alicyclic amines) is 1. The van der Waals surface area contributed by atoms with Crippen LogP contribution >= 0.6 is 0 Å². The van der Waals surface area contributed by atoms with Crippen molar-refractivity contribution in [1.29, 1.82) is 0 Å². The van der Waals surface area contributed by atoms with Gasteiger partial charge in [0.15, 0.2) is 5.81 Å². The largest absolute Gasteiger partial charge is 0.350 e. The summed E-state index contributed by atoms with van der Waals surface area (Å²) in [6.45, 7) is 1.43. The van der Waals surface area contributed by atoms with Crippen LogP contribution in [0.4, 0.5) is 4.79 Å². The lowest BCUT2D eigenvalue weighted by molar-refractivity contribution is 0.231. The molecule has 0 saturated carbocycles. The first-order chi connectivity index (χ1) is 7.18. The zero-order valence-electron chi connectivity index (χ0n) is 8.89. The zero-order chi connectivity index (χ0) is 10.8. The third-order valence-electron chi connectivity index (χ3n) is 3.04. The van der Waals surface area contributed by atoms with Crippen molar-refractivity contribution >= 4 is 13.7 Å². The molecule has 4 heteroatoms. The Hall–Kier alpha value is -1.29. The van der Waals surface area contributed by atoms with E-state index in [0.717, 1.165) is 6.54 Å². The number of hydrogen-bond donors (Lipinski definition) is 1. The standard InChI is InChI=1S/C11H15BN2O/c12-11(15)14-6-9(10(13)7-14)8-4-2-1-3-5-8/h1-5,9-10H,6-7,12-13H2. The summed E-state index contributed by atoms with van der Waals surface area (Å²) in [6.07, 6.45) is 0. The third kappa shape index (κ3) is 2.05. The fourth-order valence-electron chi connectivity index (χ4n) is 2.14. The highest BCUT2D eigenvalue weighted by Gasteiger charge is 2.31. The average molecular weight is 202 g/mol. The number of carbonyl (C=O) groups is 1. The fourth-order valence-corrected chi connectivity index (χ4v) is 2.14. The molecule has 0 aromatic heterocycles. The first kappa shape index (κ1) is 10.2. The molecule has 2 atom stereocenters. The summed E-state index contributed by atoms with van der Waals surface area (Å²) >= 11 is 0. The van der Waals surface area contributed by atoms with E-state index in [4.69, 9.17) is 5.73 Å². The molecule has 15 heavy (non-hydrogen) atoms. The molecular formula is C11H15BN2O. The van der Waals surface area contributed by atoms with Crippen LogP contribution in [0.25, 0.3) is 0 Å². The molecule has 0 radical (unpaired) electrons. The van der Waals surface area contributed by atoms with Crippen molar-refractivity contribution in [2.24, 2.45) is 5.73 Å². The molecule has 1 fully saturated rings. The Balaban J connectivity index is 2.15. The number of benzene rings is 1. The summed E-state index contributed by atoms with van der Waals surface area (Å²) in [5.41, 5.74) is 7.28. The second-order valence-electron chi connectivity index (χ2n) is 4.11. The molecule has 1 saturated heterocycles. The van der Waals surface area contributed by atoms with Crippen LogP contribution in [0.5, 0.6) is 0 Å². The summed E-state index contributed by atoms with van der Waals surface area (Å²) in [4.78, 5) is 13.1. The van der Waals surface area contributed by atoms with Crippen LogP contribution < -0.4 is 5.73 Å². The molecule has 1 amide bonds. The van der Waals surface area contributed by atoms with Crippen LogP contribution in [0, 0.1) is 0 Å². The number of nitrogens with zero attached hydrogens (tertiary/aromatic N) is 1. The van der Waals surface area contributed by atoms with Crippen molar-refractivity contribution in [1.82, 2.24) is 4.90 Å². The van der Waals surface area contributed by atoms with Crippen molar-refractivity contribution in [3.63, 3.8) is 0 Å². The Morgan fingerprint density at radius 1 is 1.33 bits per heavy atom. The summed E-state index contributed by atoms with van der Waals surface area (Å²) in [5.74, 6) is 0.402. The maximum absolute atomic E-state index is 11.2. The van der Waals surface area contributed by atoms with E-state index < -0.39 is 0 Å². The van der Waals surface area contributed by atoms with Gasteiger partial charge in [-0.15, -0.1) is 0 Å². The minimum absolute atomic E-state index is 0.0660. The highest BCUT2D eigenvalue weighted by Crippen LogP contribution is 2.25. The van der Waals surface area contributed by atoms with E-state index in [0.29, 0.717) is 6.54 Å². The highest BCUT2D eigenvalue weighted by molar-refractivity contribution is 6.56. The molecule has 0 spiro atoms. The van der Waals surface area contributed by atoms with Gasteiger partial charge < -0.3 is 10.6 Å². The van der Waals surface area contributed by atoms with Crippen LogP contribution in [-0.2, 0) is 0 Å². The number of carbonyl (C=O) groups excluding carboxylic acids is 1. The lowest BCUT2D eigenvalue weighted by Crippen LogP contribution is -2.31. The van der Waals surface area contributed by atoms with Crippen molar-refractivity contribution < 1.29 is 4.79 Å². The summed E-state index contributed by atoms with van der Waals surface area (Å²) < 4.78 is 0. The number of amides is 1. The van der Waals surface area contributed by atoms with E-state index in [9.17, 15) is 4.79 Å². The van der Waals surface area contributed by atoms with Gasteiger partial charge in [0, 0.05) is 25.0 Å². The Bertz CT molecular complexity index is 355. The number of nitrogens with two attached hydrogens (primary N) is 1. The first-order valence-electron chi connectivity index (χ1n) is 5.24. The van der Waals surface area contributed by atoms with E-state index >= 15 is 0 Å². The molecule has 1 aliphatic rings. The van der Waals surface area contributed by atoms with Gasteiger partial charge in [-0.1, -0.05) is 30.3 Å². The monoisotopic (exact) mass is 202 g/mol. The van der Waals surface area contributed by atoms with E-state index in [2.05, 4.69) is 12.1 Å². The predicted octanol–water partition coefficient (Wildman–Crippen LogP) is 0.166. The van der Waals surface area contributed by atoms with Crippen molar-refractivity contribution in [3.05, 3.63) is 35.9 Å². The van der Waals surface area contributed by atoms with E-state index in [1.807, 2.05) is 23.1 Å². The van der Waals surface area contributed by atoms with Crippen LogP contribution in [-0.4, -0.2) is 37.7 Å². The molecule has 0 bridgehead atoms. The Morgan fingerprint density at radius 2 is 2.00 bits per heavy atom. The molecule has 1 heterocycles. The molecule has 78 valence electrons. The first-order valence-corrected chi connectivity index (χ1v) is 5.24. The van der Waals surface area contributed by atoms with Gasteiger partial charge in [-0.2, -0.15) is 0 Å². The smallest absolute Gasteiger partial charge is 0.215 e. The molecule has 1 aromatic rings. The molecule has 1 aliphatic heterocycles. The van der Waals surface area contributed by atoms with Crippen LogP contribution in [0.3, 0.4) is 0 Å². The summed E-state index contributed by atoms with van der Waals surface area (Å²) in [5, 5.41) is 0. The highest BCUT2D eigenvalue weighted by atomic mass is 16.1. The Morgan fingerprint density at radius 3 is 2.53 bits per heavy atom. The van der Waals surface area contributed by atoms with Crippen LogP contribution in [0.1, 0.15) is 11.5 Å². The molecular weight excluding hydrogens is 187 g/mol. The Labute approximate surface area is 90.7 Å². The van der Waals surface area contributed by atoms with Gasteiger partial charge in [-0.05, 0) is 5.56 Å². The molecule has 1 aromatic carbocycles. The van der Waals surface area contributed by atoms with Gasteiger partial charge in [0.25, 0.3) is 0 Å². The van der Waals surface area contributed by atoms with Crippen LogP contribution in [0.15, 0.2) is 30.3 Å². The molecule has 2 rings (SSSR count). The van der Waals surface area contributed by atoms with Gasteiger partial charge in [-0.25, -0.2) is 0 Å². The quantitative estimate of drug-likeness (QED) is 0.659. The summed E-state index contributed by atoms with van der Waals surface area (Å²) in [7, 11) is 1.60. The third-order valence-corrected chi connectivity index (χ3v) is 3.04.